The first kappa shape index (κ1) is 32.0. The van der Waals surface area contributed by atoms with E-state index in [0.29, 0.717) is 0 Å². The van der Waals surface area contributed by atoms with Crippen LogP contribution in [0.25, 0.3) is 87.6 Å². The van der Waals surface area contributed by atoms with Crippen LogP contribution in [0.1, 0.15) is 0 Å². The number of benzene rings is 10. The zero-order chi connectivity index (χ0) is 37.0. The minimum Gasteiger partial charge on any atom is -0.455 e. The molecule has 0 saturated heterocycles. The normalized spacial score (nSPS) is 11.6. The van der Waals surface area contributed by atoms with Crippen molar-refractivity contribution in [2.45, 2.75) is 0 Å². The van der Waals surface area contributed by atoms with Crippen molar-refractivity contribution in [3.63, 3.8) is 0 Å². The maximum Gasteiger partial charge on any atom is 0.143 e. The smallest absolute Gasteiger partial charge is 0.143 e. The highest BCUT2D eigenvalue weighted by molar-refractivity contribution is 6.14. The van der Waals surface area contributed by atoms with Gasteiger partial charge in [0.2, 0.25) is 0 Å². The Bertz CT molecular complexity index is 3250. The molecule has 0 saturated carbocycles. The molecule has 0 spiro atoms. The predicted molar refractivity (Wildman–Crippen MR) is 237 cm³/mol. The molecule has 262 valence electrons. The Morgan fingerprint density at radius 3 is 1.79 bits per heavy atom. The van der Waals surface area contributed by atoms with Gasteiger partial charge in [-0.3, -0.25) is 0 Å². The van der Waals surface area contributed by atoms with Gasteiger partial charge in [0.25, 0.3) is 0 Å². The van der Waals surface area contributed by atoms with Crippen LogP contribution in [0.2, 0.25) is 0 Å². The minimum atomic E-state index is 0.891. The van der Waals surface area contributed by atoms with Gasteiger partial charge < -0.3 is 9.32 Å². The van der Waals surface area contributed by atoms with Gasteiger partial charge in [-0.15, -0.1) is 0 Å². The molecule has 0 radical (unpaired) electrons. The Labute approximate surface area is 325 Å². The number of para-hydroxylation sites is 2. The quantitative estimate of drug-likeness (QED) is 0.160. The summed E-state index contributed by atoms with van der Waals surface area (Å²) in [6.07, 6.45) is 0. The van der Waals surface area contributed by atoms with Crippen LogP contribution in [0.5, 0.6) is 0 Å². The summed E-state index contributed by atoms with van der Waals surface area (Å²) in [5.41, 5.74) is 11.9. The lowest BCUT2D eigenvalue weighted by molar-refractivity contribution is 0.670. The molecule has 0 bridgehead atoms. The van der Waals surface area contributed by atoms with E-state index in [-0.39, 0.29) is 0 Å². The Hall–Kier alpha value is -7.42. The van der Waals surface area contributed by atoms with E-state index in [4.69, 9.17) is 4.42 Å². The molecule has 2 heteroatoms. The van der Waals surface area contributed by atoms with Crippen molar-refractivity contribution in [1.82, 2.24) is 0 Å². The summed E-state index contributed by atoms with van der Waals surface area (Å²) < 4.78 is 6.77. The molecular formula is C54H35NO. The summed E-state index contributed by atoms with van der Waals surface area (Å²) >= 11 is 0. The fourth-order valence-corrected chi connectivity index (χ4v) is 8.47. The number of hydrogen-bond donors (Lipinski definition) is 0. The van der Waals surface area contributed by atoms with Crippen LogP contribution in [0.4, 0.5) is 17.1 Å². The molecule has 11 rings (SSSR count). The van der Waals surface area contributed by atoms with Gasteiger partial charge in [-0.05, 0) is 103 Å². The molecule has 0 aliphatic rings. The van der Waals surface area contributed by atoms with E-state index in [1.165, 1.54) is 49.0 Å². The van der Waals surface area contributed by atoms with E-state index in [2.05, 4.69) is 217 Å². The Morgan fingerprint density at radius 1 is 0.304 bits per heavy atom. The van der Waals surface area contributed by atoms with Gasteiger partial charge in [0, 0.05) is 33.3 Å². The third-order valence-electron chi connectivity index (χ3n) is 11.2. The number of hydrogen-bond acceptors (Lipinski definition) is 2. The molecular weight excluding hydrogens is 679 g/mol. The lowest BCUT2D eigenvalue weighted by Gasteiger charge is -2.28. The molecule has 56 heavy (non-hydrogen) atoms. The Morgan fingerprint density at radius 2 is 0.911 bits per heavy atom. The maximum atomic E-state index is 6.77. The van der Waals surface area contributed by atoms with E-state index < -0.39 is 0 Å². The summed E-state index contributed by atoms with van der Waals surface area (Å²) in [5, 5.41) is 9.68. The predicted octanol–water partition coefficient (Wildman–Crippen LogP) is 15.5. The van der Waals surface area contributed by atoms with Crippen LogP contribution >= 0.6 is 0 Å². The number of furan rings is 1. The zero-order valence-corrected chi connectivity index (χ0v) is 30.6. The molecule has 2 nitrogen and oxygen atoms in total. The average molecular weight is 714 g/mol. The van der Waals surface area contributed by atoms with Crippen LogP contribution in [0, 0.1) is 0 Å². The van der Waals surface area contributed by atoms with Crippen LogP contribution in [-0.4, -0.2) is 0 Å². The van der Waals surface area contributed by atoms with E-state index >= 15 is 0 Å². The van der Waals surface area contributed by atoms with Crippen molar-refractivity contribution < 1.29 is 4.42 Å². The largest absolute Gasteiger partial charge is 0.455 e. The van der Waals surface area contributed by atoms with Crippen LogP contribution in [0.15, 0.2) is 217 Å². The topological polar surface area (TPSA) is 16.4 Å². The molecule has 0 unspecified atom stereocenters. The first-order chi connectivity index (χ1) is 27.7. The van der Waals surface area contributed by atoms with Gasteiger partial charge in [-0.25, -0.2) is 0 Å². The third-order valence-corrected chi connectivity index (χ3v) is 11.2. The minimum absolute atomic E-state index is 0.891. The number of rotatable bonds is 6. The van der Waals surface area contributed by atoms with E-state index in [9.17, 15) is 0 Å². The fraction of sp³-hybridized carbons (Fsp3) is 0. The lowest BCUT2D eigenvalue weighted by Crippen LogP contribution is -2.11. The van der Waals surface area contributed by atoms with Crippen molar-refractivity contribution in [3.8, 4) is 33.4 Å². The van der Waals surface area contributed by atoms with Gasteiger partial charge in [-0.2, -0.15) is 0 Å². The van der Waals surface area contributed by atoms with Crippen LogP contribution < -0.4 is 4.90 Å². The SMILES string of the molecule is c1ccc(-c2cccc(N(c3ccc(-c4ccc5c(ccc6ccccc65)c4)cc3)c3ccccc3-c3cccc4c3oc3cc5ccccc5cc34)c2)cc1. The maximum absolute atomic E-state index is 6.77. The lowest BCUT2D eigenvalue weighted by atomic mass is 9.97. The van der Waals surface area contributed by atoms with E-state index in [1.54, 1.807) is 0 Å². The van der Waals surface area contributed by atoms with Crippen LogP contribution in [-0.2, 0) is 0 Å². The second-order valence-corrected chi connectivity index (χ2v) is 14.5. The molecule has 0 fully saturated rings. The first-order valence-electron chi connectivity index (χ1n) is 19.2. The van der Waals surface area contributed by atoms with Crippen molar-refractivity contribution in [1.29, 1.82) is 0 Å². The summed E-state index contributed by atoms with van der Waals surface area (Å²) in [6.45, 7) is 0. The highest BCUT2D eigenvalue weighted by Crippen LogP contribution is 2.45. The Kier molecular flexibility index (Phi) is 7.53. The van der Waals surface area contributed by atoms with Gasteiger partial charge in [0.05, 0.1) is 5.69 Å². The zero-order valence-electron chi connectivity index (χ0n) is 30.6. The van der Waals surface area contributed by atoms with Gasteiger partial charge in [-0.1, -0.05) is 164 Å². The molecule has 0 atom stereocenters. The molecule has 1 heterocycles. The van der Waals surface area contributed by atoms with Crippen molar-refractivity contribution in [3.05, 3.63) is 212 Å². The second-order valence-electron chi connectivity index (χ2n) is 14.5. The molecule has 1 aromatic heterocycles. The number of fused-ring (bicyclic) bond motifs is 7. The monoisotopic (exact) mass is 713 g/mol. The molecule has 0 N–H and O–H groups in total. The number of nitrogens with zero attached hydrogens (tertiary/aromatic N) is 1. The summed E-state index contributed by atoms with van der Waals surface area (Å²) in [6, 6.07) is 76.5. The Balaban J connectivity index is 1.07. The molecule has 0 aliphatic heterocycles. The van der Waals surface area contributed by atoms with Crippen molar-refractivity contribution >= 4 is 71.3 Å². The summed E-state index contributed by atoms with van der Waals surface area (Å²) in [7, 11) is 0. The van der Waals surface area contributed by atoms with Crippen LogP contribution in [0.3, 0.4) is 0 Å². The fourth-order valence-electron chi connectivity index (χ4n) is 8.47. The van der Waals surface area contributed by atoms with Gasteiger partial charge >= 0.3 is 0 Å². The molecule has 10 aromatic carbocycles. The van der Waals surface area contributed by atoms with Crippen molar-refractivity contribution in [2.75, 3.05) is 4.90 Å². The average Bonchev–Trinajstić information content (AvgIpc) is 3.64. The van der Waals surface area contributed by atoms with E-state index in [1.807, 2.05) is 0 Å². The summed E-state index contributed by atoms with van der Waals surface area (Å²) in [4.78, 5) is 2.38. The highest BCUT2D eigenvalue weighted by Gasteiger charge is 2.21. The highest BCUT2D eigenvalue weighted by atomic mass is 16.3. The first-order valence-corrected chi connectivity index (χ1v) is 19.2. The second kappa shape index (κ2) is 13.2. The molecule has 0 amide bonds. The van der Waals surface area contributed by atoms with E-state index in [0.717, 1.165) is 55.7 Å². The summed E-state index contributed by atoms with van der Waals surface area (Å²) in [5.74, 6) is 0. The standard InChI is InChI=1S/C54H35NO/c1-2-12-36(13-3-1)39-17-10-18-45(33-39)55(44-29-26-37(27-30-44)42-28-31-47-43(32-42)25-24-38-14-6-7-19-46(38)47)52-23-9-8-20-48(52)49-21-11-22-50-51-34-40-15-4-5-16-41(40)35-53(51)56-54(49)50/h1-35H. The van der Waals surface area contributed by atoms with Gasteiger partial charge in [0.15, 0.2) is 0 Å². The third kappa shape index (κ3) is 5.42. The molecule has 11 aromatic rings. The molecule has 0 aliphatic carbocycles. The van der Waals surface area contributed by atoms with Gasteiger partial charge in [0.1, 0.15) is 11.2 Å². The number of anilines is 3. The van der Waals surface area contributed by atoms with Crippen molar-refractivity contribution in [2.24, 2.45) is 0 Å².